The zero-order valence-electron chi connectivity index (χ0n) is 16.3. The van der Waals surface area contributed by atoms with Gasteiger partial charge in [-0.05, 0) is 30.3 Å². The van der Waals surface area contributed by atoms with Crippen LogP contribution in [0.15, 0.2) is 41.8 Å². The van der Waals surface area contributed by atoms with Crippen molar-refractivity contribution < 1.29 is 27.4 Å². The van der Waals surface area contributed by atoms with E-state index in [0.29, 0.717) is 28.0 Å². The summed E-state index contributed by atoms with van der Waals surface area (Å²) in [5.41, 5.74) is 0.180. The Bertz CT molecular complexity index is 1090. The highest BCUT2D eigenvalue weighted by atomic mass is 35.5. The van der Waals surface area contributed by atoms with Crippen LogP contribution >= 0.6 is 22.9 Å². The molecular formula is C20H17ClF3N3O3S. The van der Waals surface area contributed by atoms with Crippen molar-refractivity contribution >= 4 is 45.4 Å². The number of nitrogens with one attached hydrogen (secondary N) is 2. The molecule has 3 aromatic rings. The molecule has 6 nitrogen and oxygen atoms in total. The van der Waals surface area contributed by atoms with Crippen molar-refractivity contribution in [1.82, 2.24) is 4.98 Å². The van der Waals surface area contributed by atoms with E-state index < -0.39 is 11.7 Å². The molecular weight excluding hydrogens is 455 g/mol. The standard InChI is InChI=1S/C20H17ClF3N3O3S/c1-29-13-4-6-16(17(9-13)30-2)27-18(28)8-12-10-31-19(26-12)25-11-3-5-15(21)14(7-11)20(22,23)24/h3-7,9-10H,8H2,1-2H3,(H,25,26)(H,27,28). The quantitative estimate of drug-likeness (QED) is 0.458. The van der Waals surface area contributed by atoms with Crippen molar-refractivity contribution in [3.05, 3.63) is 58.1 Å². The number of alkyl halides is 3. The van der Waals surface area contributed by atoms with E-state index >= 15 is 0 Å². The average Bonchev–Trinajstić information content (AvgIpc) is 3.15. The zero-order chi connectivity index (χ0) is 22.6. The van der Waals surface area contributed by atoms with Gasteiger partial charge in [-0.3, -0.25) is 4.79 Å². The largest absolute Gasteiger partial charge is 0.497 e. The van der Waals surface area contributed by atoms with Gasteiger partial charge in [0.05, 0.1) is 42.6 Å². The molecule has 3 rings (SSSR count). The number of hydrogen-bond acceptors (Lipinski definition) is 6. The van der Waals surface area contributed by atoms with Gasteiger partial charge in [-0.25, -0.2) is 4.98 Å². The topological polar surface area (TPSA) is 72.5 Å². The SMILES string of the molecule is COc1ccc(NC(=O)Cc2csc(Nc3ccc(Cl)c(C(F)(F)F)c3)n2)c(OC)c1. The van der Waals surface area contributed by atoms with Crippen molar-refractivity contribution in [3.8, 4) is 11.5 Å². The Kier molecular flexibility index (Phi) is 6.91. The molecule has 0 aliphatic rings. The highest BCUT2D eigenvalue weighted by Crippen LogP contribution is 2.37. The van der Waals surface area contributed by atoms with Crippen molar-refractivity contribution in [2.75, 3.05) is 24.9 Å². The number of thiazole rings is 1. The predicted molar refractivity (Wildman–Crippen MR) is 114 cm³/mol. The number of benzene rings is 2. The maximum Gasteiger partial charge on any atom is 0.417 e. The number of rotatable bonds is 7. The number of carbonyl (C=O) groups excluding carboxylic acids is 1. The molecule has 0 spiro atoms. The van der Waals surface area contributed by atoms with E-state index in [4.69, 9.17) is 21.1 Å². The first kappa shape index (κ1) is 22.7. The number of amides is 1. The Morgan fingerprint density at radius 1 is 1.16 bits per heavy atom. The van der Waals surface area contributed by atoms with Crippen LogP contribution in [0.2, 0.25) is 5.02 Å². The molecule has 1 aromatic heterocycles. The number of ether oxygens (including phenoxy) is 2. The molecule has 2 N–H and O–H groups in total. The minimum absolute atomic E-state index is 0.0260. The third-order valence-electron chi connectivity index (χ3n) is 4.10. The van der Waals surface area contributed by atoms with E-state index in [1.54, 1.807) is 23.6 Å². The molecule has 2 aromatic carbocycles. The fraction of sp³-hybridized carbons (Fsp3) is 0.200. The van der Waals surface area contributed by atoms with E-state index in [1.165, 1.54) is 31.6 Å². The van der Waals surface area contributed by atoms with Gasteiger partial charge in [0.15, 0.2) is 5.13 Å². The third kappa shape index (κ3) is 5.80. The summed E-state index contributed by atoms with van der Waals surface area (Å²) < 4.78 is 49.4. The van der Waals surface area contributed by atoms with E-state index in [2.05, 4.69) is 15.6 Å². The van der Waals surface area contributed by atoms with Crippen LogP contribution in [0.25, 0.3) is 0 Å². The lowest BCUT2D eigenvalue weighted by molar-refractivity contribution is -0.137. The van der Waals surface area contributed by atoms with Gasteiger partial charge in [0.2, 0.25) is 5.91 Å². The summed E-state index contributed by atoms with van der Waals surface area (Å²) in [6.45, 7) is 0. The molecule has 0 unspecified atom stereocenters. The summed E-state index contributed by atoms with van der Waals surface area (Å²) in [5, 5.41) is 7.15. The number of anilines is 3. The van der Waals surface area contributed by atoms with Crippen LogP contribution in [0.1, 0.15) is 11.3 Å². The number of methoxy groups -OCH3 is 2. The van der Waals surface area contributed by atoms with Gasteiger partial charge in [-0.15, -0.1) is 11.3 Å². The lowest BCUT2D eigenvalue weighted by Crippen LogP contribution is -2.15. The fourth-order valence-electron chi connectivity index (χ4n) is 2.65. The number of hydrogen-bond donors (Lipinski definition) is 2. The molecule has 31 heavy (non-hydrogen) atoms. The smallest absolute Gasteiger partial charge is 0.417 e. The van der Waals surface area contributed by atoms with E-state index in [0.717, 1.165) is 12.1 Å². The summed E-state index contributed by atoms with van der Waals surface area (Å²) in [7, 11) is 3.00. The van der Waals surface area contributed by atoms with Gasteiger partial charge in [0, 0.05) is 17.1 Å². The molecule has 1 heterocycles. The number of halogens is 4. The first-order chi connectivity index (χ1) is 14.7. The van der Waals surface area contributed by atoms with Gasteiger partial charge in [0.1, 0.15) is 11.5 Å². The summed E-state index contributed by atoms with van der Waals surface area (Å²) in [6, 6.07) is 8.47. The fourth-order valence-corrected chi connectivity index (χ4v) is 3.61. The first-order valence-electron chi connectivity index (χ1n) is 8.79. The summed E-state index contributed by atoms with van der Waals surface area (Å²) in [5.74, 6) is 0.698. The molecule has 164 valence electrons. The molecule has 0 atom stereocenters. The molecule has 0 radical (unpaired) electrons. The number of carbonyl (C=O) groups is 1. The van der Waals surface area contributed by atoms with Crippen LogP contribution in [0.5, 0.6) is 11.5 Å². The molecule has 0 fully saturated rings. The van der Waals surface area contributed by atoms with Crippen LogP contribution in [-0.4, -0.2) is 25.1 Å². The van der Waals surface area contributed by atoms with Crippen LogP contribution < -0.4 is 20.1 Å². The van der Waals surface area contributed by atoms with E-state index in [1.807, 2.05) is 0 Å². The predicted octanol–water partition coefficient (Wildman–Crippen LogP) is 5.76. The van der Waals surface area contributed by atoms with Crippen LogP contribution in [0.3, 0.4) is 0 Å². The summed E-state index contributed by atoms with van der Waals surface area (Å²) >= 11 is 6.79. The highest BCUT2D eigenvalue weighted by molar-refractivity contribution is 7.13. The van der Waals surface area contributed by atoms with Crippen LogP contribution in [-0.2, 0) is 17.4 Å². The Balaban J connectivity index is 1.66. The Morgan fingerprint density at radius 2 is 1.94 bits per heavy atom. The minimum Gasteiger partial charge on any atom is -0.497 e. The van der Waals surface area contributed by atoms with Crippen molar-refractivity contribution in [3.63, 3.8) is 0 Å². The molecule has 1 amide bonds. The second-order valence-corrected chi connectivity index (χ2v) is 7.52. The molecule has 0 saturated heterocycles. The maximum atomic E-state index is 13.0. The molecule has 0 aliphatic heterocycles. The van der Waals surface area contributed by atoms with E-state index in [9.17, 15) is 18.0 Å². The molecule has 11 heteroatoms. The lowest BCUT2D eigenvalue weighted by atomic mass is 10.2. The second-order valence-electron chi connectivity index (χ2n) is 6.25. The molecule has 0 saturated carbocycles. The Labute approximate surface area is 185 Å². The number of aromatic nitrogens is 1. The zero-order valence-corrected chi connectivity index (χ0v) is 17.9. The minimum atomic E-state index is -4.57. The van der Waals surface area contributed by atoms with Gasteiger partial charge in [-0.1, -0.05) is 11.6 Å². The average molecular weight is 472 g/mol. The second kappa shape index (κ2) is 9.44. The highest BCUT2D eigenvalue weighted by Gasteiger charge is 2.33. The first-order valence-corrected chi connectivity index (χ1v) is 10.1. The normalized spacial score (nSPS) is 11.2. The molecule has 0 aliphatic carbocycles. The maximum absolute atomic E-state index is 13.0. The number of nitrogens with zero attached hydrogens (tertiary/aromatic N) is 1. The van der Waals surface area contributed by atoms with Gasteiger partial charge >= 0.3 is 6.18 Å². The van der Waals surface area contributed by atoms with Gasteiger partial charge in [0.25, 0.3) is 0 Å². The van der Waals surface area contributed by atoms with Crippen LogP contribution in [0.4, 0.5) is 29.7 Å². The third-order valence-corrected chi connectivity index (χ3v) is 5.24. The molecule has 0 bridgehead atoms. The lowest BCUT2D eigenvalue weighted by Gasteiger charge is -2.11. The van der Waals surface area contributed by atoms with E-state index in [-0.39, 0.29) is 23.0 Å². The summed E-state index contributed by atoms with van der Waals surface area (Å²) in [4.78, 5) is 16.6. The summed E-state index contributed by atoms with van der Waals surface area (Å²) in [6.07, 6.45) is -4.59. The van der Waals surface area contributed by atoms with Gasteiger partial charge in [-0.2, -0.15) is 13.2 Å². The van der Waals surface area contributed by atoms with Crippen LogP contribution in [0, 0.1) is 0 Å². The van der Waals surface area contributed by atoms with Crippen molar-refractivity contribution in [2.45, 2.75) is 12.6 Å². The Hall–Kier alpha value is -2.98. The monoisotopic (exact) mass is 471 g/mol. The van der Waals surface area contributed by atoms with Gasteiger partial charge < -0.3 is 20.1 Å². The van der Waals surface area contributed by atoms with Crippen molar-refractivity contribution in [1.29, 1.82) is 0 Å². The van der Waals surface area contributed by atoms with Crippen molar-refractivity contribution in [2.24, 2.45) is 0 Å². The Morgan fingerprint density at radius 3 is 2.61 bits per heavy atom.